The van der Waals surface area contributed by atoms with Crippen LogP contribution in [0.4, 0.5) is 4.79 Å². The summed E-state index contributed by atoms with van der Waals surface area (Å²) in [6.45, 7) is 0.137. The van der Waals surface area contributed by atoms with Crippen molar-refractivity contribution in [3.05, 3.63) is 29.8 Å². The molecule has 1 saturated carbocycles. The number of benzene rings is 1. The fourth-order valence-corrected chi connectivity index (χ4v) is 2.10. The Balaban J connectivity index is 1.77. The van der Waals surface area contributed by atoms with Crippen molar-refractivity contribution in [3.8, 4) is 5.75 Å². The third-order valence-corrected chi connectivity index (χ3v) is 3.25. The minimum atomic E-state index is -0.925. The van der Waals surface area contributed by atoms with Gasteiger partial charge in [0.15, 0.2) is 0 Å². The van der Waals surface area contributed by atoms with Crippen molar-refractivity contribution in [3.63, 3.8) is 0 Å². The van der Waals surface area contributed by atoms with Crippen molar-refractivity contribution >= 4 is 12.0 Å². The summed E-state index contributed by atoms with van der Waals surface area (Å²) < 4.78 is 5.17. The van der Waals surface area contributed by atoms with Crippen LogP contribution in [0.5, 0.6) is 5.75 Å². The van der Waals surface area contributed by atoms with Crippen LogP contribution < -0.4 is 15.4 Å². The van der Waals surface area contributed by atoms with Gasteiger partial charge in [-0.3, -0.25) is 4.79 Å². The Bertz CT molecular complexity index is 504. The Hall–Kier alpha value is -2.24. The molecule has 0 bridgehead atoms. The van der Waals surface area contributed by atoms with Gasteiger partial charge in [0.25, 0.3) is 0 Å². The zero-order chi connectivity index (χ0) is 14.5. The number of hydrogen-bond acceptors (Lipinski definition) is 3. The number of ether oxygens (including phenoxy) is 1. The van der Waals surface area contributed by atoms with Gasteiger partial charge >= 0.3 is 12.0 Å². The first kappa shape index (κ1) is 14.2. The third-order valence-electron chi connectivity index (χ3n) is 3.25. The zero-order valence-electron chi connectivity index (χ0n) is 11.3. The van der Waals surface area contributed by atoms with Crippen LogP contribution in [0.25, 0.3) is 0 Å². The Kier molecular flexibility index (Phi) is 4.45. The minimum absolute atomic E-state index is 0.0720. The van der Waals surface area contributed by atoms with E-state index in [0.29, 0.717) is 5.92 Å². The van der Waals surface area contributed by atoms with Gasteiger partial charge < -0.3 is 20.5 Å². The van der Waals surface area contributed by atoms with Gasteiger partial charge in [-0.05, 0) is 24.1 Å². The standard InChI is InChI=1S/C14H18N2O4/c1-20-10-4-2-3-9(7-10)11-8-12(11)16-14(19)15-6-5-13(17)18/h2-4,7,11-12H,5-6,8H2,1H3,(H,17,18)(H2,15,16,19)/t11-,12+/m0/s1. The lowest BCUT2D eigenvalue weighted by Gasteiger charge is -2.07. The number of carbonyl (C=O) groups is 2. The van der Waals surface area contributed by atoms with Crippen LogP contribution in [0.15, 0.2) is 24.3 Å². The lowest BCUT2D eigenvalue weighted by Crippen LogP contribution is -2.38. The molecule has 6 heteroatoms. The molecule has 1 aliphatic rings. The highest BCUT2D eigenvalue weighted by Crippen LogP contribution is 2.41. The average molecular weight is 278 g/mol. The molecule has 0 heterocycles. The van der Waals surface area contributed by atoms with Gasteiger partial charge in [-0.2, -0.15) is 0 Å². The van der Waals surface area contributed by atoms with Crippen molar-refractivity contribution in [1.82, 2.24) is 10.6 Å². The molecule has 3 N–H and O–H groups in total. The molecule has 108 valence electrons. The number of nitrogens with one attached hydrogen (secondary N) is 2. The minimum Gasteiger partial charge on any atom is -0.497 e. The number of aliphatic carboxylic acids is 1. The zero-order valence-corrected chi connectivity index (χ0v) is 11.3. The summed E-state index contributed by atoms with van der Waals surface area (Å²) in [5.41, 5.74) is 1.14. The van der Waals surface area contributed by atoms with E-state index < -0.39 is 5.97 Å². The maximum absolute atomic E-state index is 11.5. The van der Waals surface area contributed by atoms with Crippen molar-refractivity contribution in [1.29, 1.82) is 0 Å². The molecular formula is C14H18N2O4. The van der Waals surface area contributed by atoms with Gasteiger partial charge in [-0.25, -0.2) is 4.79 Å². The lowest BCUT2D eigenvalue weighted by molar-refractivity contribution is -0.136. The molecule has 0 spiro atoms. The van der Waals surface area contributed by atoms with Crippen molar-refractivity contribution in [2.45, 2.75) is 24.8 Å². The van der Waals surface area contributed by atoms with Gasteiger partial charge in [0.1, 0.15) is 5.75 Å². The number of amides is 2. The molecule has 1 aromatic rings. The van der Waals surface area contributed by atoms with Gasteiger partial charge in [0, 0.05) is 18.5 Å². The quantitative estimate of drug-likeness (QED) is 0.732. The van der Waals surface area contributed by atoms with E-state index in [1.54, 1.807) is 7.11 Å². The summed E-state index contributed by atoms with van der Waals surface area (Å²) >= 11 is 0. The molecule has 20 heavy (non-hydrogen) atoms. The largest absolute Gasteiger partial charge is 0.497 e. The van der Waals surface area contributed by atoms with E-state index in [4.69, 9.17) is 9.84 Å². The molecule has 0 unspecified atom stereocenters. The summed E-state index contributed by atoms with van der Waals surface area (Å²) in [6, 6.07) is 7.57. The highest BCUT2D eigenvalue weighted by molar-refractivity contribution is 5.75. The Morgan fingerprint density at radius 2 is 2.25 bits per heavy atom. The topological polar surface area (TPSA) is 87.7 Å². The van der Waals surface area contributed by atoms with E-state index in [0.717, 1.165) is 17.7 Å². The molecule has 1 aromatic carbocycles. The monoisotopic (exact) mass is 278 g/mol. The van der Waals surface area contributed by atoms with Crippen molar-refractivity contribution < 1.29 is 19.4 Å². The predicted molar refractivity (Wildman–Crippen MR) is 72.9 cm³/mol. The Morgan fingerprint density at radius 1 is 1.45 bits per heavy atom. The number of carboxylic acid groups (broad SMARTS) is 1. The van der Waals surface area contributed by atoms with Gasteiger partial charge in [0.2, 0.25) is 0 Å². The van der Waals surface area contributed by atoms with Crippen LogP contribution >= 0.6 is 0 Å². The second kappa shape index (κ2) is 6.27. The number of methoxy groups -OCH3 is 1. The molecule has 0 radical (unpaired) electrons. The van der Waals surface area contributed by atoms with Crippen molar-refractivity contribution in [2.24, 2.45) is 0 Å². The fraction of sp³-hybridized carbons (Fsp3) is 0.429. The number of carboxylic acids is 1. The molecule has 0 aromatic heterocycles. The van der Waals surface area contributed by atoms with Crippen LogP contribution in [0.1, 0.15) is 24.3 Å². The number of carbonyl (C=O) groups excluding carboxylic acids is 1. The SMILES string of the molecule is COc1cccc([C@@H]2C[C@H]2NC(=O)NCCC(=O)O)c1. The molecule has 1 fully saturated rings. The maximum Gasteiger partial charge on any atom is 0.315 e. The first-order valence-electron chi connectivity index (χ1n) is 6.50. The Morgan fingerprint density at radius 3 is 2.95 bits per heavy atom. The highest BCUT2D eigenvalue weighted by Gasteiger charge is 2.39. The van der Waals surface area contributed by atoms with E-state index in [1.807, 2.05) is 24.3 Å². The molecule has 6 nitrogen and oxygen atoms in total. The molecule has 0 aliphatic heterocycles. The summed E-state index contributed by atoms with van der Waals surface area (Å²) in [5, 5.41) is 13.8. The second-order valence-electron chi connectivity index (χ2n) is 4.77. The first-order valence-corrected chi connectivity index (χ1v) is 6.50. The highest BCUT2D eigenvalue weighted by atomic mass is 16.5. The normalized spacial score (nSPS) is 20.1. The summed E-state index contributed by atoms with van der Waals surface area (Å²) in [6.07, 6.45) is 0.816. The van der Waals surface area contributed by atoms with E-state index in [2.05, 4.69) is 10.6 Å². The summed E-state index contributed by atoms with van der Waals surface area (Å²) in [7, 11) is 1.62. The summed E-state index contributed by atoms with van der Waals surface area (Å²) in [4.78, 5) is 21.9. The van der Waals surface area contributed by atoms with Crippen LogP contribution in [0.2, 0.25) is 0 Å². The summed E-state index contributed by atoms with van der Waals surface area (Å²) in [5.74, 6) is 0.181. The number of hydrogen-bond donors (Lipinski definition) is 3. The molecule has 2 atom stereocenters. The second-order valence-corrected chi connectivity index (χ2v) is 4.77. The van der Waals surface area contributed by atoms with Crippen LogP contribution in [0, 0.1) is 0 Å². The third kappa shape index (κ3) is 3.88. The van der Waals surface area contributed by atoms with E-state index >= 15 is 0 Å². The Labute approximate surface area is 117 Å². The lowest BCUT2D eigenvalue weighted by atomic mass is 10.1. The van der Waals surface area contributed by atoms with Gasteiger partial charge in [-0.15, -0.1) is 0 Å². The smallest absolute Gasteiger partial charge is 0.315 e. The van der Waals surface area contributed by atoms with E-state index in [9.17, 15) is 9.59 Å². The predicted octanol–water partition coefficient (Wildman–Crippen LogP) is 1.32. The van der Waals surface area contributed by atoms with Crippen LogP contribution in [-0.4, -0.2) is 36.8 Å². The fourth-order valence-electron chi connectivity index (χ4n) is 2.10. The average Bonchev–Trinajstić information content (AvgIpc) is 3.17. The van der Waals surface area contributed by atoms with Gasteiger partial charge in [0.05, 0.1) is 13.5 Å². The van der Waals surface area contributed by atoms with Crippen LogP contribution in [-0.2, 0) is 4.79 Å². The van der Waals surface area contributed by atoms with E-state index in [1.165, 1.54) is 0 Å². The maximum atomic E-state index is 11.5. The van der Waals surface area contributed by atoms with Gasteiger partial charge in [-0.1, -0.05) is 12.1 Å². The molecule has 1 aliphatic carbocycles. The van der Waals surface area contributed by atoms with E-state index in [-0.39, 0.29) is 25.0 Å². The molecular weight excluding hydrogens is 260 g/mol. The van der Waals surface area contributed by atoms with Crippen LogP contribution in [0.3, 0.4) is 0 Å². The van der Waals surface area contributed by atoms with Crippen molar-refractivity contribution in [2.75, 3.05) is 13.7 Å². The molecule has 0 saturated heterocycles. The molecule has 2 amide bonds. The number of rotatable bonds is 6. The molecule has 2 rings (SSSR count). The number of urea groups is 1. The first-order chi connectivity index (χ1) is 9.60.